The van der Waals surface area contributed by atoms with E-state index in [2.05, 4.69) is 0 Å². The zero-order valence-corrected chi connectivity index (χ0v) is 12.1. The van der Waals surface area contributed by atoms with Crippen LogP contribution < -0.4 is 5.32 Å². The van der Waals surface area contributed by atoms with E-state index in [1.807, 2.05) is 5.32 Å². The number of carbonyl (C=O) groups excluding carboxylic acids is 1. The minimum atomic E-state index is -4.78. The molecular formula is C14H9F4NO3S. The summed E-state index contributed by atoms with van der Waals surface area (Å²) in [5, 5.41) is 1.99. The fourth-order valence-electron chi connectivity index (χ4n) is 1.70. The number of amides is 1. The van der Waals surface area contributed by atoms with Crippen molar-refractivity contribution < 1.29 is 30.8 Å². The van der Waals surface area contributed by atoms with Crippen molar-refractivity contribution in [3.05, 3.63) is 59.7 Å². The van der Waals surface area contributed by atoms with Gasteiger partial charge in [0, 0.05) is 5.56 Å². The van der Waals surface area contributed by atoms with E-state index >= 15 is 0 Å². The molecule has 0 atom stereocenters. The van der Waals surface area contributed by atoms with Gasteiger partial charge in [0.15, 0.2) is 0 Å². The van der Waals surface area contributed by atoms with Gasteiger partial charge in [0.2, 0.25) is 9.84 Å². The van der Waals surface area contributed by atoms with Gasteiger partial charge in [-0.1, -0.05) is 6.07 Å². The van der Waals surface area contributed by atoms with E-state index in [-0.39, 0.29) is 5.56 Å². The maximum atomic E-state index is 13.4. The standard InChI is InChI=1S/C14H9F4NO3S/c15-10-2-1-3-11(16)12(10)19-13(20)8-4-6-9(7-5-8)23(21,22)14(17)18/h1-7,14H,(H,19,20). The van der Waals surface area contributed by atoms with Crippen molar-refractivity contribution in [2.45, 2.75) is 10.7 Å². The lowest BCUT2D eigenvalue weighted by molar-refractivity contribution is 0.102. The highest BCUT2D eigenvalue weighted by molar-refractivity contribution is 7.91. The molecule has 1 N–H and O–H groups in total. The van der Waals surface area contributed by atoms with E-state index in [1.54, 1.807) is 0 Å². The summed E-state index contributed by atoms with van der Waals surface area (Å²) in [6.07, 6.45) is 0. The molecule has 1 amide bonds. The molecule has 9 heteroatoms. The van der Waals surface area contributed by atoms with Crippen molar-refractivity contribution in [2.24, 2.45) is 0 Å². The number of carbonyl (C=O) groups is 1. The Balaban J connectivity index is 2.25. The van der Waals surface area contributed by atoms with Crippen molar-refractivity contribution >= 4 is 21.4 Å². The van der Waals surface area contributed by atoms with Crippen LogP contribution in [0.1, 0.15) is 10.4 Å². The molecule has 122 valence electrons. The molecule has 4 nitrogen and oxygen atoms in total. The molecule has 0 aromatic heterocycles. The lowest BCUT2D eigenvalue weighted by atomic mass is 10.2. The van der Waals surface area contributed by atoms with Crippen molar-refractivity contribution in [1.29, 1.82) is 0 Å². The van der Waals surface area contributed by atoms with Gasteiger partial charge in [-0.2, -0.15) is 8.78 Å². The fraction of sp³-hybridized carbons (Fsp3) is 0.0714. The molecule has 2 aromatic carbocycles. The summed E-state index contributed by atoms with van der Waals surface area (Å²) in [5.74, 6) is -6.49. The first-order chi connectivity index (χ1) is 10.7. The Morgan fingerprint density at radius 1 is 0.957 bits per heavy atom. The van der Waals surface area contributed by atoms with Crippen LogP contribution in [0.25, 0.3) is 0 Å². The van der Waals surface area contributed by atoms with E-state index in [0.29, 0.717) is 0 Å². The SMILES string of the molecule is O=C(Nc1c(F)cccc1F)c1ccc(S(=O)(=O)C(F)F)cc1. The first-order valence-electron chi connectivity index (χ1n) is 6.11. The number of para-hydroxylation sites is 1. The van der Waals surface area contributed by atoms with Crippen LogP contribution in [0.3, 0.4) is 0 Å². The summed E-state index contributed by atoms with van der Waals surface area (Å²) in [4.78, 5) is 11.2. The highest BCUT2D eigenvalue weighted by atomic mass is 32.2. The van der Waals surface area contributed by atoms with E-state index in [4.69, 9.17) is 0 Å². The summed E-state index contributed by atoms with van der Waals surface area (Å²) in [7, 11) is -4.78. The Kier molecular flexibility index (Phi) is 4.69. The summed E-state index contributed by atoms with van der Waals surface area (Å²) >= 11 is 0. The van der Waals surface area contributed by atoms with Crippen LogP contribution >= 0.6 is 0 Å². The van der Waals surface area contributed by atoms with E-state index in [1.165, 1.54) is 0 Å². The number of nitrogens with one attached hydrogen (secondary N) is 1. The molecule has 2 aromatic rings. The zero-order valence-electron chi connectivity index (χ0n) is 11.3. The first-order valence-corrected chi connectivity index (χ1v) is 7.65. The molecule has 0 bridgehead atoms. The zero-order chi connectivity index (χ0) is 17.2. The quantitative estimate of drug-likeness (QED) is 0.864. The molecule has 0 heterocycles. The van der Waals surface area contributed by atoms with Crippen LogP contribution in [0, 0.1) is 11.6 Å². The Morgan fingerprint density at radius 2 is 1.48 bits per heavy atom. The number of hydrogen-bond donors (Lipinski definition) is 1. The van der Waals surface area contributed by atoms with Gasteiger partial charge < -0.3 is 5.32 Å². The topological polar surface area (TPSA) is 63.2 Å². The third-order valence-electron chi connectivity index (χ3n) is 2.88. The third-order valence-corrected chi connectivity index (χ3v) is 4.28. The molecule has 0 radical (unpaired) electrons. The van der Waals surface area contributed by atoms with Crippen molar-refractivity contribution in [1.82, 2.24) is 0 Å². The van der Waals surface area contributed by atoms with Crippen LogP contribution in [-0.4, -0.2) is 20.1 Å². The van der Waals surface area contributed by atoms with Gasteiger partial charge >= 0.3 is 5.76 Å². The molecule has 0 saturated carbocycles. The number of anilines is 1. The fourth-order valence-corrected chi connectivity index (χ4v) is 2.42. The number of alkyl halides is 2. The smallest absolute Gasteiger partial charge is 0.317 e. The Labute approximate surface area is 128 Å². The highest BCUT2D eigenvalue weighted by Gasteiger charge is 2.26. The van der Waals surface area contributed by atoms with Gasteiger partial charge in [-0.25, -0.2) is 17.2 Å². The summed E-state index contributed by atoms with van der Waals surface area (Å²) in [6, 6.07) is 6.55. The lowest BCUT2D eigenvalue weighted by Crippen LogP contribution is -2.15. The second kappa shape index (κ2) is 6.37. The largest absolute Gasteiger partial charge is 0.341 e. The number of benzene rings is 2. The van der Waals surface area contributed by atoms with Crippen LogP contribution in [0.4, 0.5) is 23.2 Å². The molecule has 0 aliphatic carbocycles. The van der Waals surface area contributed by atoms with Gasteiger partial charge in [-0.3, -0.25) is 4.79 Å². The molecular weight excluding hydrogens is 338 g/mol. The molecule has 2 rings (SSSR count). The van der Waals surface area contributed by atoms with E-state index < -0.39 is 43.7 Å². The monoisotopic (exact) mass is 347 g/mol. The minimum Gasteiger partial charge on any atom is -0.317 e. The molecule has 0 aliphatic heterocycles. The maximum absolute atomic E-state index is 13.4. The maximum Gasteiger partial charge on any atom is 0.341 e. The third kappa shape index (κ3) is 3.50. The molecule has 0 saturated heterocycles. The van der Waals surface area contributed by atoms with Crippen LogP contribution in [0.15, 0.2) is 47.4 Å². The van der Waals surface area contributed by atoms with Gasteiger partial charge in [-0.15, -0.1) is 0 Å². The average Bonchev–Trinajstić information content (AvgIpc) is 2.51. The summed E-state index contributed by atoms with van der Waals surface area (Å²) < 4.78 is 74.1. The highest BCUT2D eigenvalue weighted by Crippen LogP contribution is 2.21. The van der Waals surface area contributed by atoms with Gasteiger partial charge in [-0.05, 0) is 36.4 Å². The van der Waals surface area contributed by atoms with Crippen LogP contribution in [-0.2, 0) is 9.84 Å². The van der Waals surface area contributed by atoms with Crippen LogP contribution in [0.2, 0.25) is 0 Å². The predicted octanol–water partition coefficient (Wildman–Crippen LogP) is 3.21. The van der Waals surface area contributed by atoms with Gasteiger partial charge in [0.1, 0.15) is 17.3 Å². The van der Waals surface area contributed by atoms with Crippen molar-refractivity contribution in [3.63, 3.8) is 0 Å². The average molecular weight is 347 g/mol. The van der Waals surface area contributed by atoms with Gasteiger partial charge in [0.05, 0.1) is 4.90 Å². The summed E-state index contributed by atoms with van der Waals surface area (Å²) in [6.45, 7) is 0. The second-order valence-corrected chi connectivity index (χ2v) is 6.30. The number of hydrogen-bond acceptors (Lipinski definition) is 3. The minimum absolute atomic E-state index is 0.152. The molecule has 0 unspecified atom stereocenters. The van der Waals surface area contributed by atoms with Crippen LogP contribution in [0.5, 0.6) is 0 Å². The molecule has 0 aliphatic rings. The first kappa shape index (κ1) is 16.9. The Hall–Kier alpha value is -2.42. The molecule has 23 heavy (non-hydrogen) atoms. The molecule has 0 spiro atoms. The number of rotatable bonds is 4. The molecule has 0 fully saturated rings. The second-order valence-electron chi connectivity index (χ2n) is 4.38. The summed E-state index contributed by atoms with van der Waals surface area (Å²) in [5.41, 5.74) is -0.817. The van der Waals surface area contributed by atoms with Crippen molar-refractivity contribution in [2.75, 3.05) is 5.32 Å². The van der Waals surface area contributed by atoms with Crippen molar-refractivity contribution in [3.8, 4) is 0 Å². The normalized spacial score (nSPS) is 11.5. The Morgan fingerprint density at radius 3 is 1.96 bits per heavy atom. The number of sulfone groups is 1. The number of halogens is 4. The van der Waals surface area contributed by atoms with E-state index in [0.717, 1.165) is 42.5 Å². The Bertz CT molecular complexity index is 815. The predicted molar refractivity (Wildman–Crippen MR) is 73.9 cm³/mol. The van der Waals surface area contributed by atoms with E-state index in [9.17, 15) is 30.8 Å². The van der Waals surface area contributed by atoms with Gasteiger partial charge in [0.25, 0.3) is 5.91 Å². The lowest BCUT2D eigenvalue weighted by Gasteiger charge is -2.08.